The topological polar surface area (TPSA) is 128 Å². The fourth-order valence-electron chi connectivity index (χ4n) is 2.16. The molecule has 1 aromatic heterocycles. The number of aromatic amines is 1. The average Bonchev–Trinajstić information content (AvgIpc) is 2.55. The van der Waals surface area contributed by atoms with Crippen LogP contribution in [0.3, 0.4) is 0 Å². The van der Waals surface area contributed by atoms with Crippen LogP contribution < -0.4 is 16.0 Å². The molecule has 0 bridgehead atoms. The number of aromatic hydroxyl groups is 1. The van der Waals surface area contributed by atoms with Crippen molar-refractivity contribution in [2.45, 2.75) is 19.8 Å². The number of anilines is 1. The van der Waals surface area contributed by atoms with E-state index in [9.17, 15) is 14.7 Å². The van der Waals surface area contributed by atoms with Gasteiger partial charge in [0.15, 0.2) is 0 Å². The number of carbonyl (C=O) groups excluding carboxylic acids is 1. The van der Waals surface area contributed by atoms with Gasteiger partial charge < -0.3 is 20.3 Å². The summed E-state index contributed by atoms with van der Waals surface area (Å²) in [5, 5.41) is 9.80. The summed E-state index contributed by atoms with van der Waals surface area (Å²) in [4.78, 5) is 29.8. The highest BCUT2D eigenvalue weighted by Crippen LogP contribution is 2.24. The molecule has 128 valence electrons. The summed E-state index contributed by atoms with van der Waals surface area (Å²) < 4.78 is 10.3. The Labute approximate surface area is 138 Å². The second-order valence-corrected chi connectivity index (χ2v) is 5.10. The Kier molecular flexibility index (Phi) is 5.41. The molecule has 8 nitrogen and oxygen atoms in total. The minimum absolute atomic E-state index is 0.0576. The van der Waals surface area contributed by atoms with Crippen LogP contribution in [0.25, 0.3) is 0 Å². The number of ether oxygens (including phenoxy) is 2. The Morgan fingerprint density at radius 3 is 2.79 bits per heavy atom. The number of nitrogens with two attached hydrogens (primary N) is 1. The Balaban J connectivity index is 2.38. The number of nitrogens with one attached hydrogen (secondary N) is 1. The van der Waals surface area contributed by atoms with Crippen LogP contribution in [0.5, 0.6) is 11.6 Å². The van der Waals surface area contributed by atoms with Crippen LogP contribution in [0.1, 0.15) is 34.8 Å². The van der Waals surface area contributed by atoms with Gasteiger partial charge in [0.05, 0.1) is 19.3 Å². The second kappa shape index (κ2) is 7.49. The van der Waals surface area contributed by atoms with Crippen LogP contribution in [-0.4, -0.2) is 34.8 Å². The zero-order valence-corrected chi connectivity index (χ0v) is 13.5. The summed E-state index contributed by atoms with van der Waals surface area (Å²) >= 11 is 0. The second-order valence-electron chi connectivity index (χ2n) is 5.10. The van der Waals surface area contributed by atoms with Crippen LogP contribution in [0, 0.1) is 0 Å². The number of hydrogen-bond acceptors (Lipinski definition) is 7. The molecular weight excluding hydrogens is 314 g/mol. The quantitative estimate of drug-likeness (QED) is 0.678. The van der Waals surface area contributed by atoms with Crippen molar-refractivity contribution in [3.8, 4) is 11.6 Å². The highest BCUT2D eigenvalue weighted by atomic mass is 16.5. The van der Waals surface area contributed by atoms with Crippen molar-refractivity contribution in [3.63, 3.8) is 0 Å². The van der Waals surface area contributed by atoms with Gasteiger partial charge in [-0.05, 0) is 24.1 Å². The smallest absolute Gasteiger partial charge is 0.341 e. The van der Waals surface area contributed by atoms with Gasteiger partial charge in [0.1, 0.15) is 11.3 Å². The monoisotopic (exact) mass is 333 g/mol. The van der Waals surface area contributed by atoms with E-state index in [0.717, 1.165) is 6.42 Å². The first-order valence-electron chi connectivity index (χ1n) is 7.38. The maximum absolute atomic E-state index is 11.9. The molecular formula is C16H19N3O5. The first kappa shape index (κ1) is 17.3. The average molecular weight is 333 g/mol. The molecule has 2 aromatic rings. The number of nitrogen functional groups attached to an aromatic ring is 1. The molecule has 0 spiro atoms. The number of esters is 1. The van der Waals surface area contributed by atoms with Crippen molar-refractivity contribution in [1.29, 1.82) is 0 Å². The predicted octanol–water partition coefficient (Wildman–Crippen LogP) is 1.22. The van der Waals surface area contributed by atoms with Gasteiger partial charge >= 0.3 is 5.97 Å². The molecule has 0 aliphatic carbocycles. The summed E-state index contributed by atoms with van der Waals surface area (Å²) in [5.74, 6) is -0.750. The summed E-state index contributed by atoms with van der Waals surface area (Å²) in [5.41, 5.74) is 5.76. The van der Waals surface area contributed by atoms with Gasteiger partial charge in [-0.3, -0.25) is 9.78 Å². The molecule has 0 aliphatic heterocycles. The number of carbonyl (C=O) groups is 1. The highest BCUT2D eigenvalue weighted by molar-refractivity contribution is 5.92. The molecule has 1 heterocycles. The SMILES string of the molecule is CCCOc1ccc(Cc2c(O)nc(N)[nH]c2=O)cc1C(=O)OC. The minimum atomic E-state index is -0.545. The zero-order chi connectivity index (χ0) is 17.7. The van der Waals surface area contributed by atoms with E-state index in [1.807, 2.05) is 6.92 Å². The number of nitrogens with zero attached hydrogens (tertiary/aromatic N) is 1. The molecule has 0 radical (unpaired) electrons. The maximum atomic E-state index is 11.9. The van der Waals surface area contributed by atoms with E-state index < -0.39 is 17.4 Å². The highest BCUT2D eigenvalue weighted by Gasteiger charge is 2.16. The summed E-state index contributed by atoms with van der Waals surface area (Å²) in [7, 11) is 1.28. The van der Waals surface area contributed by atoms with Gasteiger partial charge in [0.2, 0.25) is 11.8 Å². The lowest BCUT2D eigenvalue weighted by Gasteiger charge is -2.11. The molecule has 0 amide bonds. The van der Waals surface area contributed by atoms with Gasteiger partial charge in [-0.15, -0.1) is 0 Å². The summed E-state index contributed by atoms with van der Waals surface area (Å²) in [6.07, 6.45) is 0.870. The van der Waals surface area contributed by atoms with E-state index in [2.05, 4.69) is 9.97 Å². The first-order chi connectivity index (χ1) is 11.5. The third kappa shape index (κ3) is 3.83. The van der Waals surface area contributed by atoms with E-state index in [0.29, 0.717) is 17.9 Å². The standard InChI is InChI=1S/C16H19N3O5/c1-3-6-24-12-5-4-9(7-10(12)15(22)23-2)8-11-13(20)18-16(17)19-14(11)21/h4-5,7H,3,6,8H2,1-2H3,(H4,17,18,19,20,21). The molecule has 0 saturated heterocycles. The zero-order valence-electron chi connectivity index (χ0n) is 13.5. The van der Waals surface area contributed by atoms with E-state index in [4.69, 9.17) is 15.2 Å². The lowest BCUT2D eigenvalue weighted by atomic mass is 10.0. The van der Waals surface area contributed by atoms with Gasteiger partial charge in [-0.1, -0.05) is 13.0 Å². The number of benzene rings is 1. The van der Waals surface area contributed by atoms with Crippen molar-refractivity contribution >= 4 is 11.9 Å². The van der Waals surface area contributed by atoms with Crippen molar-refractivity contribution in [2.24, 2.45) is 0 Å². The number of hydrogen-bond donors (Lipinski definition) is 3. The summed E-state index contributed by atoms with van der Waals surface area (Å²) in [6, 6.07) is 4.89. The minimum Gasteiger partial charge on any atom is -0.493 e. The lowest BCUT2D eigenvalue weighted by molar-refractivity contribution is 0.0596. The molecule has 2 rings (SSSR count). The van der Waals surface area contributed by atoms with Crippen LogP contribution in [0.15, 0.2) is 23.0 Å². The number of aromatic nitrogens is 2. The van der Waals surface area contributed by atoms with Crippen LogP contribution in [0.2, 0.25) is 0 Å². The Morgan fingerprint density at radius 2 is 2.17 bits per heavy atom. The maximum Gasteiger partial charge on any atom is 0.341 e. The Hall–Kier alpha value is -3.03. The van der Waals surface area contributed by atoms with Crippen molar-refractivity contribution in [3.05, 3.63) is 45.2 Å². The largest absolute Gasteiger partial charge is 0.493 e. The molecule has 24 heavy (non-hydrogen) atoms. The van der Waals surface area contributed by atoms with Crippen LogP contribution >= 0.6 is 0 Å². The molecule has 0 atom stereocenters. The third-order valence-electron chi connectivity index (χ3n) is 3.30. The molecule has 0 fully saturated rings. The molecule has 0 saturated carbocycles. The van der Waals surface area contributed by atoms with Gasteiger partial charge in [0, 0.05) is 6.42 Å². The van der Waals surface area contributed by atoms with Gasteiger partial charge in [-0.2, -0.15) is 4.98 Å². The van der Waals surface area contributed by atoms with Crippen molar-refractivity contribution in [2.75, 3.05) is 19.5 Å². The predicted molar refractivity (Wildman–Crippen MR) is 87.3 cm³/mol. The molecule has 4 N–H and O–H groups in total. The van der Waals surface area contributed by atoms with E-state index in [1.165, 1.54) is 7.11 Å². The number of methoxy groups -OCH3 is 1. The molecule has 0 aliphatic rings. The Bertz CT molecular complexity index is 801. The van der Waals surface area contributed by atoms with Crippen molar-refractivity contribution < 1.29 is 19.4 Å². The van der Waals surface area contributed by atoms with E-state index in [1.54, 1.807) is 18.2 Å². The van der Waals surface area contributed by atoms with E-state index >= 15 is 0 Å². The van der Waals surface area contributed by atoms with E-state index in [-0.39, 0.29) is 23.5 Å². The van der Waals surface area contributed by atoms with Gasteiger partial charge in [0.25, 0.3) is 5.56 Å². The van der Waals surface area contributed by atoms with Crippen LogP contribution in [0.4, 0.5) is 5.95 Å². The van der Waals surface area contributed by atoms with Crippen molar-refractivity contribution in [1.82, 2.24) is 9.97 Å². The fraction of sp³-hybridized carbons (Fsp3) is 0.312. The fourth-order valence-corrected chi connectivity index (χ4v) is 2.16. The lowest BCUT2D eigenvalue weighted by Crippen LogP contribution is -2.17. The normalized spacial score (nSPS) is 10.4. The molecule has 0 unspecified atom stereocenters. The number of H-pyrrole nitrogens is 1. The molecule has 1 aromatic carbocycles. The Morgan fingerprint density at radius 1 is 1.42 bits per heavy atom. The number of rotatable bonds is 6. The summed E-state index contributed by atoms with van der Waals surface area (Å²) in [6.45, 7) is 2.42. The first-order valence-corrected chi connectivity index (χ1v) is 7.38. The van der Waals surface area contributed by atoms with Gasteiger partial charge in [-0.25, -0.2) is 4.79 Å². The van der Waals surface area contributed by atoms with Crippen LogP contribution in [-0.2, 0) is 11.2 Å². The third-order valence-corrected chi connectivity index (χ3v) is 3.30. The molecule has 8 heteroatoms.